The van der Waals surface area contributed by atoms with Gasteiger partial charge in [0.1, 0.15) is 0 Å². The summed E-state index contributed by atoms with van der Waals surface area (Å²) in [6.45, 7) is 3.59. The van der Waals surface area contributed by atoms with Crippen LogP contribution >= 0.6 is 0 Å². The number of carbonyl (C=O) groups excluding carboxylic acids is 1. The van der Waals surface area contributed by atoms with Gasteiger partial charge in [-0.15, -0.1) is 0 Å². The van der Waals surface area contributed by atoms with Crippen molar-refractivity contribution in [2.75, 3.05) is 13.6 Å². The fourth-order valence-corrected chi connectivity index (χ4v) is 1.08. The van der Waals surface area contributed by atoms with Gasteiger partial charge < -0.3 is 10.6 Å². The Kier molecular flexibility index (Phi) is 12.1. The van der Waals surface area contributed by atoms with Crippen molar-refractivity contribution in [1.82, 2.24) is 4.90 Å². The molecule has 62 valence electrons. The van der Waals surface area contributed by atoms with Crippen molar-refractivity contribution in [2.45, 2.75) is 25.8 Å². The van der Waals surface area contributed by atoms with E-state index in [1.807, 2.05) is 0 Å². The number of hydrogen-bond acceptors (Lipinski definition) is 2. The van der Waals surface area contributed by atoms with Gasteiger partial charge in [-0.25, -0.2) is 0 Å². The van der Waals surface area contributed by atoms with Crippen molar-refractivity contribution in [3.8, 4) is 0 Å². The maximum atomic E-state index is 8.58. The zero-order valence-electron chi connectivity index (χ0n) is 6.71. The molecular formula is C7H17KN2O. The summed E-state index contributed by atoms with van der Waals surface area (Å²) in [6, 6.07) is 0.847. The van der Waals surface area contributed by atoms with Crippen molar-refractivity contribution in [3.63, 3.8) is 0 Å². The van der Waals surface area contributed by atoms with Crippen molar-refractivity contribution in [2.24, 2.45) is 5.73 Å². The first-order valence-electron chi connectivity index (χ1n) is 3.58. The molecule has 4 heteroatoms. The third-order valence-corrected chi connectivity index (χ3v) is 1.89. The summed E-state index contributed by atoms with van der Waals surface area (Å²) in [7, 11) is 2.19. The molecule has 1 amide bonds. The summed E-state index contributed by atoms with van der Waals surface area (Å²) in [5, 5.41) is 0. The molecule has 1 aliphatic heterocycles. The van der Waals surface area contributed by atoms with Crippen molar-refractivity contribution in [1.29, 1.82) is 0 Å². The monoisotopic (exact) mass is 184 g/mol. The topological polar surface area (TPSA) is 46.3 Å². The Morgan fingerprint density at radius 2 is 2.09 bits per heavy atom. The molecule has 0 saturated carbocycles. The van der Waals surface area contributed by atoms with Gasteiger partial charge in [0.15, 0.2) is 0 Å². The van der Waals surface area contributed by atoms with Gasteiger partial charge in [0.05, 0.1) is 0 Å². The molecule has 0 spiro atoms. The first-order valence-corrected chi connectivity index (χ1v) is 3.58. The Morgan fingerprint density at radius 1 is 1.64 bits per heavy atom. The van der Waals surface area contributed by atoms with E-state index in [0.717, 1.165) is 6.04 Å². The molecule has 3 nitrogen and oxygen atoms in total. The second-order valence-corrected chi connectivity index (χ2v) is 2.61. The Balaban J connectivity index is 0. The van der Waals surface area contributed by atoms with Crippen LogP contribution in [0.1, 0.15) is 19.8 Å². The molecule has 0 aromatic carbocycles. The quantitative estimate of drug-likeness (QED) is 0.409. The van der Waals surface area contributed by atoms with E-state index in [4.69, 9.17) is 4.79 Å². The van der Waals surface area contributed by atoms with Crippen LogP contribution < -0.4 is 5.73 Å². The van der Waals surface area contributed by atoms with Crippen LogP contribution in [0, 0.1) is 0 Å². The Morgan fingerprint density at radius 3 is 2.18 bits per heavy atom. The molecule has 1 aliphatic rings. The molecule has 0 radical (unpaired) electrons. The zero-order valence-corrected chi connectivity index (χ0v) is 6.71. The fourth-order valence-electron chi connectivity index (χ4n) is 1.08. The number of amides is 1. The van der Waals surface area contributed by atoms with Gasteiger partial charge in [0.25, 0.3) is 0 Å². The van der Waals surface area contributed by atoms with Gasteiger partial charge in [-0.2, -0.15) is 0 Å². The van der Waals surface area contributed by atoms with Crippen LogP contribution in [0.25, 0.3) is 0 Å². The number of hydrogen-bond donors (Lipinski definition) is 1. The number of primary amides is 1. The summed E-state index contributed by atoms with van der Waals surface area (Å²) in [5.74, 6) is 0. The second kappa shape index (κ2) is 9.16. The summed E-state index contributed by atoms with van der Waals surface area (Å²) >= 11 is 0. The molecule has 11 heavy (non-hydrogen) atoms. The van der Waals surface area contributed by atoms with Gasteiger partial charge in [-0.05, 0) is 33.4 Å². The van der Waals surface area contributed by atoms with E-state index in [1.165, 1.54) is 19.4 Å². The Hall–Kier alpha value is 1.07. The molecule has 0 aliphatic carbocycles. The standard InChI is InChI=1S/C6H13N.CH3NO.K.H/c1-6-4-3-5-7(6)2;2-1-3;;/h6H,3-5H2,1-2H3;1H,(H2,2,3);;. The summed E-state index contributed by atoms with van der Waals surface area (Å²) < 4.78 is 0. The van der Waals surface area contributed by atoms with E-state index in [2.05, 4.69) is 24.6 Å². The molecule has 0 bridgehead atoms. The number of rotatable bonds is 0. The maximum absolute atomic E-state index is 8.58. The average Bonchev–Trinajstić information content (AvgIpc) is 2.19. The minimum absolute atomic E-state index is 0. The summed E-state index contributed by atoms with van der Waals surface area (Å²) in [6.07, 6.45) is 3.05. The van der Waals surface area contributed by atoms with Gasteiger partial charge in [-0.3, -0.25) is 4.79 Å². The molecule has 1 heterocycles. The van der Waals surface area contributed by atoms with Crippen LogP contribution in [0.4, 0.5) is 0 Å². The molecule has 2 N–H and O–H groups in total. The molecule has 1 saturated heterocycles. The molecule has 1 rings (SSSR count). The molecule has 1 unspecified atom stereocenters. The van der Waals surface area contributed by atoms with Crippen molar-refractivity contribution < 1.29 is 4.79 Å². The van der Waals surface area contributed by atoms with E-state index in [0.29, 0.717) is 0 Å². The molecular weight excluding hydrogens is 167 g/mol. The fraction of sp³-hybridized carbons (Fsp3) is 0.857. The predicted molar refractivity (Wildman–Crippen MR) is 48.7 cm³/mol. The molecule has 0 aromatic rings. The van der Waals surface area contributed by atoms with Crippen LogP contribution in [0.15, 0.2) is 0 Å². The molecule has 1 fully saturated rings. The van der Waals surface area contributed by atoms with Crippen molar-refractivity contribution in [3.05, 3.63) is 0 Å². The summed E-state index contributed by atoms with van der Waals surface area (Å²) in [4.78, 5) is 11.0. The van der Waals surface area contributed by atoms with Crippen molar-refractivity contribution >= 4 is 57.8 Å². The van der Waals surface area contributed by atoms with E-state index in [9.17, 15) is 0 Å². The van der Waals surface area contributed by atoms with Crippen LogP contribution in [-0.4, -0.2) is 82.3 Å². The van der Waals surface area contributed by atoms with E-state index in [-0.39, 0.29) is 57.8 Å². The second-order valence-electron chi connectivity index (χ2n) is 2.61. The van der Waals surface area contributed by atoms with Crippen LogP contribution in [-0.2, 0) is 4.79 Å². The normalized spacial score (nSPS) is 22.9. The molecule has 0 aromatic heterocycles. The first kappa shape index (κ1) is 14.6. The van der Waals surface area contributed by atoms with Crippen LogP contribution in [0.2, 0.25) is 0 Å². The number of likely N-dealkylation sites (tertiary alicyclic amines) is 1. The molecule has 1 atom stereocenters. The Bertz CT molecular complexity index is 92.4. The van der Waals surface area contributed by atoms with Gasteiger partial charge in [0, 0.05) is 6.04 Å². The zero-order chi connectivity index (χ0) is 7.98. The van der Waals surface area contributed by atoms with Gasteiger partial charge in [-0.1, -0.05) is 0 Å². The van der Waals surface area contributed by atoms with Crippen LogP contribution in [0.5, 0.6) is 0 Å². The van der Waals surface area contributed by atoms with E-state index in [1.54, 1.807) is 0 Å². The van der Waals surface area contributed by atoms with Gasteiger partial charge >= 0.3 is 51.4 Å². The number of nitrogens with zero attached hydrogens (tertiary/aromatic N) is 1. The van der Waals surface area contributed by atoms with E-state index < -0.39 is 0 Å². The SMILES string of the molecule is CC1CCCN1C.NC=O.[KH]. The number of carbonyl (C=O) groups is 1. The van der Waals surface area contributed by atoms with Crippen LogP contribution in [0.3, 0.4) is 0 Å². The summed E-state index contributed by atoms with van der Waals surface area (Å²) in [5.41, 5.74) is 4.17. The number of nitrogens with two attached hydrogens (primary N) is 1. The minimum atomic E-state index is 0. The third-order valence-electron chi connectivity index (χ3n) is 1.89. The Labute approximate surface area is 111 Å². The van der Waals surface area contributed by atoms with Gasteiger partial charge in [0.2, 0.25) is 6.41 Å². The predicted octanol–water partition coefficient (Wildman–Crippen LogP) is -0.446. The first-order chi connectivity index (χ1) is 4.72. The average molecular weight is 184 g/mol. The third kappa shape index (κ3) is 7.43. The van der Waals surface area contributed by atoms with E-state index >= 15 is 0 Å².